The maximum Gasteiger partial charge on any atom is 0.307 e. The van der Waals surface area contributed by atoms with Crippen LogP contribution in [0.2, 0.25) is 0 Å². The van der Waals surface area contributed by atoms with Gasteiger partial charge in [0.2, 0.25) is 0 Å². The van der Waals surface area contributed by atoms with Gasteiger partial charge in [-0.25, -0.2) is 0 Å². The van der Waals surface area contributed by atoms with Gasteiger partial charge in [-0.2, -0.15) is 0 Å². The zero-order chi connectivity index (χ0) is 24.1. The molecule has 0 fully saturated rings. The molecular formula is C26H29NO6. The first kappa shape index (κ1) is 25.4. The van der Waals surface area contributed by atoms with Crippen molar-refractivity contribution in [1.82, 2.24) is 0 Å². The molecule has 0 spiro atoms. The van der Waals surface area contributed by atoms with Crippen LogP contribution in [0.3, 0.4) is 0 Å². The highest BCUT2D eigenvalue weighted by atomic mass is 16.5. The van der Waals surface area contributed by atoms with Crippen molar-refractivity contribution < 1.29 is 29.2 Å². The number of benzene rings is 3. The fraction of sp³-hybridized carbons (Fsp3) is 0.231. The molecule has 0 saturated carbocycles. The van der Waals surface area contributed by atoms with Crippen molar-refractivity contribution in [2.45, 2.75) is 19.8 Å². The molecule has 3 aromatic carbocycles. The summed E-state index contributed by atoms with van der Waals surface area (Å²) in [6.45, 7) is 2.27. The minimum atomic E-state index is -0.931. The van der Waals surface area contributed by atoms with Crippen LogP contribution in [-0.2, 0) is 11.2 Å². The topological polar surface area (TPSA) is 109 Å². The van der Waals surface area contributed by atoms with Gasteiger partial charge in [-0.15, -0.1) is 0 Å². The van der Waals surface area contributed by atoms with Crippen LogP contribution < -0.4 is 14.2 Å². The summed E-state index contributed by atoms with van der Waals surface area (Å²) in [4.78, 5) is 11.0. The zero-order valence-corrected chi connectivity index (χ0v) is 18.8. The second kappa shape index (κ2) is 13.5. The summed E-state index contributed by atoms with van der Waals surface area (Å²) in [6.07, 6.45) is 0.745. The van der Waals surface area contributed by atoms with E-state index in [0.29, 0.717) is 35.0 Å². The summed E-state index contributed by atoms with van der Waals surface area (Å²) in [5.74, 6) is 1.54. The van der Waals surface area contributed by atoms with Crippen LogP contribution in [0.4, 0.5) is 0 Å². The first-order chi connectivity index (χ1) is 16.0. The molecule has 0 aliphatic heterocycles. The first-order valence-corrected chi connectivity index (χ1v) is 10.5. The Morgan fingerprint density at radius 3 is 2.24 bits per heavy atom. The van der Waals surface area contributed by atoms with Gasteiger partial charge in [0.15, 0.2) is 0 Å². The van der Waals surface area contributed by atoms with E-state index >= 15 is 0 Å². The molecule has 0 heterocycles. The maximum atomic E-state index is 11.0. The Morgan fingerprint density at radius 1 is 0.939 bits per heavy atom. The highest BCUT2D eigenvalue weighted by molar-refractivity contribution is 5.99. The van der Waals surface area contributed by atoms with Gasteiger partial charge in [0, 0.05) is 17.7 Å². The van der Waals surface area contributed by atoms with E-state index in [1.807, 2.05) is 25.1 Å². The molecule has 0 aromatic heterocycles. The molecule has 0 saturated heterocycles. The van der Waals surface area contributed by atoms with Crippen LogP contribution in [0, 0.1) is 5.41 Å². The highest BCUT2D eigenvalue weighted by Crippen LogP contribution is 2.25. The second-order valence-electron chi connectivity index (χ2n) is 6.97. The molecule has 3 rings (SSSR count). The summed E-state index contributed by atoms with van der Waals surface area (Å²) in [5, 5.41) is 25.2. The average Bonchev–Trinajstić information content (AvgIpc) is 2.84. The van der Waals surface area contributed by atoms with Crippen LogP contribution in [0.1, 0.15) is 24.5 Å². The van der Waals surface area contributed by atoms with Gasteiger partial charge in [0.05, 0.1) is 19.2 Å². The third-order valence-electron chi connectivity index (χ3n) is 4.39. The molecule has 0 aliphatic rings. The summed E-state index contributed by atoms with van der Waals surface area (Å²) in [6, 6.07) is 21.3. The molecule has 0 unspecified atom stereocenters. The third kappa shape index (κ3) is 8.66. The van der Waals surface area contributed by atoms with Gasteiger partial charge in [-0.1, -0.05) is 37.3 Å². The molecule has 33 heavy (non-hydrogen) atoms. The summed E-state index contributed by atoms with van der Waals surface area (Å²) in [5.41, 5.74) is 1.49. The number of ether oxygens (including phenoxy) is 3. The SMILES string of the molecule is CCCO.COc1ccc(Oc2cccc(C(=N)COc3ccccc3CC(=O)O)c2)cc1. The Bertz CT molecular complexity index is 1030. The highest BCUT2D eigenvalue weighted by Gasteiger charge is 2.10. The van der Waals surface area contributed by atoms with Crippen molar-refractivity contribution in [1.29, 1.82) is 5.41 Å². The molecule has 0 amide bonds. The number of rotatable bonds is 10. The van der Waals surface area contributed by atoms with Crippen molar-refractivity contribution in [3.63, 3.8) is 0 Å². The van der Waals surface area contributed by atoms with Crippen LogP contribution in [0.15, 0.2) is 72.8 Å². The number of para-hydroxylation sites is 1. The van der Waals surface area contributed by atoms with E-state index in [9.17, 15) is 4.79 Å². The number of carboxylic acid groups (broad SMARTS) is 1. The largest absolute Gasteiger partial charge is 0.497 e. The lowest BCUT2D eigenvalue weighted by atomic mass is 10.1. The molecule has 0 bridgehead atoms. The molecule has 0 radical (unpaired) electrons. The van der Waals surface area contributed by atoms with E-state index in [1.54, 1.807) is 61.7 Å². The number of aliphatic hydroxyl groups excluding tert-OH is 1. The predicted octanol–water partition coefficient (Wildman–Crippen LogP) is 4.95. The first-order valence-electron chi connectivity index (χ1n) is 10.5. The smallest absolute Gasteiger partial charge is 0.307 e. The van der Waals surface area contributed by atoms with Crippen molar-refractivity contribution in [2.24, 2.45) is 0 Å². The predicted molar refractivity (Wildman–Crippen MR) is 127 cm³/mol. The van der Waals surface area contributed by atoms with Crippen LogP contribution in [0.5, 0.6) is 23.0 Å². The number of nitrogens with one attached hydrogen (secondary N) is 1. The van der Waals surface area contributed by atoms with Crippen LogP contribution in [-0.4, -0.2) is 42.2 Å². The molecule has 7 nitrogen and oxygen atoms in total. The summed E-state index contributed by atoms with van der Waals surface area (Å²) < 4.78 is 16.7. The van der Waals surface area contributed by atoms with Gasteiger partial charge in [0.25, 0.3) is 0 Å². The maximum absolute atomic E-state index is 11.0. The van der Waals surface area contributed by atoms with Gasteiger partial charge in [-0.3, -0.25) is 4.79 Å². The van der Waals surface area contributed by atoms with E-state index in [4.69, 9.17) is 29.8 Å². The number of carboxylic acids is 1. The van der Waals surface area contributed by atoms with Gasteiger partial charge < -0.3 is 29.8 Å². The van der Waals surface area contributed by atoms with Crippen molar-refractivity contribution >= 4 is 11.7 Å². The third-order valence-corrected chi connectivity index (χ3v) is 4.39. The number of hydrogen-bond acceptors (Lipinski definition) is 6. The Hall–Kier alpha value is -3.84. The molecule has 0 atom stereocenters. The Balaban J connectivity index is 0.000000890. The summed E-state index contributed by atoms with van der Waals surface area (Å²) >= 11 is 0. The minimum absolute atomic E-state index is 0.0165. The van der Waals surface area contributed by atoms with Crippen molar-refractivity contribution in [2.75, 3.05) is 20.3 Å². The molecule has 7 heteroatoms. The number of aliphatic carboxylic acids is 1. The Labute approximate surface area is 193 Å². The molecule has 174 valence electrons. The number of carbonyl (C=O) groups is 1. The molecule has 3 aromatic rings. The number of methoxy groups -OCH3 is 1. The van der Waals surface area contributed by atoms with E-state index < -0.39 is 5.97 Å². The monoisotopic (exact) mass is 451 g/mol. The normalized spacial score (nSPS) is 9.91. The second-order valence-corrected chi connectivity index (χ2v) is 6.97. The standard InChI is InChI=1S/C23H21NO5.C3H8O/c1-27-18-9-11-19(12-10-18)29-20-7-4-6-16(13-20)21(24)15-28-22-8-3-2-5-17(22)14-23(25)26;1-2-3-4/h2-13,24H,14-15H2,1H3,(H,25,26);4H,2-3H2,1H3. The minimum Gasteiger partial charge on any atom is -0.497 e. The van der Waals surface area contributed by atoms with E-state index in [2.05, 4.69) is 0 Å². The fourth-order valence-corrected chi connectivity index (χ4v) is 2.71. The molecular weight excluding hydrogens is 422 g/mol. The quantitative estimate of drug-likeness (QED) is 0.376. The van der Waals surface area contributed by atoms with E-state index in [-0.39, 0.29) is 18.7 Å². The van der Waals surface area contributed by atoms with Gasteiger partial charge in [0.1, 0.15) is 29.6 Å². The Morgan fingerprint density at radius 2 is 1.61 bits per heavy atom. The van der Waals surface area contributed by atoms with Crippen LogP contribution >= 0.6 is 0 Å². The van der Waals surface area contributed by atoms with Crippen molar-refractivity contribution in [3.8, 4) is 23.0 Å². The Kier molecular flexibility index (Phi) is 10.4. The average molecular weight is 452 g/mol. The lowest BCUT2D eigenvalue weighted by Crippen LogP contribution is -2.13. The lowest BCUT2D eigenvalue weighted by molar-refractivity contribution is -0.136. The van der Waals surface area contributed by atoms with Crippen molar-refractivity contribution in [3.05, 3.63) is 83.9 Å². The van der Waals surface area contributed by atoms with Gasteiger partial charge >= 0.3 is 5.97 Å². The molecule has 3 N–H and O–H groups in total. The molecule has 0 aliphatic carbocycles. The zero-order valence-electron chi connectivity index (χ0n) is 18.8. The number of hydrogen-bond donors (Lipinski definition) is 3. The summed E-state index contributed by atoms with van der Waals surface area (Å²) in [7, 11) is 1.60. The van der Waals surface area contributed by atoms with Crippen LogP contribution in [0.25, 0.3) is 0 Å². The van der Waals surface area contributed by atoms with E-state index in [0.717, 1.165) is 12.2 Å². The van der Waals surface area contributed by atoms with Gasteiger partial charge in [-0.05, 0) is 48.9 Å². The number of aliphatic hydroxyl groups is 1. The lowest BCUT2D eigenvalue weighted by Gasteiger charge is -2.12. The fourth-order valence-electron chi connectivity index (χ4n) is 2.71. The van der Waals surface area contributed by atoms with E-state index in [1.165, 1.54) is 0 Å².